The van der Waals surface area contributed by atoms with E-state index < -0.39 is 0 Å². The van der Waals surface area contributed by atoms with Crippen molar-refractivity contribution in [2.75, 3.05) is 31.7 Å². The minimum atomic E-state index is -0.374. The Kier molecular flexibility index (Phi) is 7.94. The summed E-state index contributed by atoms with van der Waals surface area (Å²) < 4.78 is 10.5. The monoisotopic (exact) mass is 453 g/mol. The summed E-state index contributed by atoms with van der Waals surface area (Å²) in [5.74, 6) is 0.114. The number of amidine groups is 1. The zero-order valence-electron chi connectivity index (χ0n) is 18.7. The fourth-order valence-corrected chi connectivity index (χ4v) is 4.06. The van der Waals surface area contributed by atoms with Crippen molar-refractivity contribution in [3.8, 4) is 5.75 Å². The molecule has 3 rings (SSSR count). The zero-order chi connectivity index (χ0) is 23.1. The minimum absolute atomic E-state index is 0.216. The number of hydrogen-bond donors (Lipinski definition) is 1. The van der Waals surface area contributed by atoms with Gasteiger partial charge in [0.1, 0.15) is 5.75 Å². The van der Waals surface area contributed by atoms with Crippen LogP contribution < -0.4 is 15.0 Å². The number of anilines is 1. The first-order chi connectivity index (χ1) is 15.5. The number of aliphatic imine (C=N–C) groups is 1. The Bertz CT molecular complexity index is 1040. The molecule has 0 unspecified atom stereocenters. The van der Waals surface area contributed by atoms with Gasteiger partial charge in [-0.3, -0.25) is 4.79 Å². The molecule has 0 aliphatic carbocycles. The molecule has 2 aromatic rings. The van der Waals surface area contributed by atoms with Gasteiger partial charge in [0.15, 0.2) is 5.17 Å². The predicted octanol–water partition coefficient (Wildman–Crippen LogP) is 4.61. The molecule has 1 aliphatic rings. The van der Waals surface area contributed by atoms with Crippen molar-refractivity contribution in [2.24, 2.45) is 4.99 Å². The summed E-state index contributed by atoms with van der Waals surface area (Å²) in [5.41, 5.74) is 2.98. The molecule has 0 spiro atoms. The Labute approximate surface area is 192 Å². The molecule has 8 heteroatoms. The lowest BCUT2D eigenvalue weighted by molar-refractivity contribution is -0.115. The molecule has 1 amide bonds. The number of esters is 1. The Morgan fingerprint density at radius 1 is 1.12 bits per heavy atom. The Hall–Kier alpha value is -3.26. The first-order valence-corrected chi connectivity index (χ1v) is 11.3. The van der Waals surface area contributed by atoms with E-state index in [9.17, 15) is 9.59 Å². The summed E-state index contributed by atoms with van der Waals surface area (Å²) in [6.45, 7) is 8.10. The molecular weight excluding hydrogens is 426 g/mol. The van der Waals surface area contributed by atoms with Gasteiger partial charge in [0.2, 0.25) is 0 Å². The summed E-state index contributed by atoms with van der Waals surface area (Å²) in [7, 11) is 1.62. The lowest BCUT2D eigenvalue weighted by Gasteiger charge is -2.22. The molecule has 2 aromatic carbocycles. The highest BCUT2D eigenvalue weighted by atomic mass is 32.2. The second-order valence-corrected chi connectivity index (χ2v) is 7.88. The number of nitrogens with one attached hydrogen (secondary N) is 1. The Balaban J connectivity index is 1.78. The van der Waals surface area contributed by atoms with E-state index in [-0.39, 0.29) is 11.9 Å². The fraction of sp³-hybridized carbons (Fsp3) is 0.292. The number of hydrogen-bond acceptors (Lipinski definition) is 7. The van der Waals surface area contributed by atoms with Gasteiger partial charge >= 0.3 is 5.97 Å². The van der Waals surface area contributed by atoms with Crippen molar-refractivity contribution < 1.29 is 19.1 Å². The highest BCUT2D eigenvalue weighted by Gasteiger charge is 2.24. The molecule has 0 radical (unpaired) electrons. The largest absolute Gasteiger partial charge is 0.496 e. The number of amides is 1. The van der Waals surface area contributed by atoms with Crippen LogP contribution in [0.5, 0.6) is 5.75 Å². The number of carbonyl (C=O) groups is 2. The summed E-state index contributed by atoms with van der Waals surface area (Å²) >= 11 is 1.26. The molecule has 1 saturated heterocycles. The van der Waals surface area contributed by atoms with E-state index in [4.69, 9.17) is 9.47 Å². The molecule has 32 heavy (non-hydrogen) atoms. The lowest BCUT2D eigenvalue weighted by Crippen LogP contribution is -2.21. The van der Waals surface area contributed by atoms with Gasteiger partial charge in [-0.15, -0.1) is 0 Å². The lowest BCUT2D eigenvalue weighted by atomic mass is 10.1. The van der Waals surface area contributed by atoms with Crippen LogP contribution in [0, 0.1) is 0 Å². The molecule has 1 heterocycles. The second kappa shape index (κ2) is 10.9. The van der Waals surface area contributed by atoms with Gasteiger partial charge < -0.3 is 19.7 Å². The van der Waals surface area contributed by atoms with Gasteiger partial charge in [0.25, 0.3) is 5.91 Å². The average molecular weight is 454 g/mol. The van der Waals surface area contributed by atoms with E-state index >= 15 is 0 Å². The van der Waals surface area contributed by atoms with Crippen molar-refractivity contribution in [3.63, 3.8) is 0 Å². The van der Waals surface area contributed by atoms with Crippen LogP contribution in [0.3, 0.4) is 0 Å². The number of rotatable bonds is 8. The number of nitrogens with zero attached hydrogens (tertiary/aromatic N) is 2. The maximum Gasteiger partial charge on any atom is 0.338 e. The molecule has 1 fully saturated rings. The summed E-state index contributed by atoms with van der Waals surface area (Å²) in [5, 5.41) is 3.26. The molecule has 0 bridgehead atoms. The van der Waals surface area contributed by atoms with E-state index in [1.54, 1.807) is 44.4 Å². The highest BCUT2D eigenvalue weighted by molar-refractivity contribution is 8.18. The third-order valence-corrected chi connectivity index (χ3v) is 5.80. The smallest absolute Gasteiger partial charge is 0.338 e. The van der Waals surface area contributed by atoms with Crippen LogP contribution in [-0.4, -0.2) is 43.9 Å². The van der Waals surface area contributed by atoms with Crippen LogP contribution in [-0.2, 0) is 9.53 Å². The van der Waals surface area contributed by atoms with Crippen LogP contribution >= 0.6 is 11.8 Å². The molecule has 0 aromatic heterocycles. The topological polar surface area (TPSA) is 80.2 Å². The maximum atomic E-state index is 12.5. The van der Waals surface area contributed by atoms with Crippen molar-refractivity contribution in [1.82, 2.24) is 5.32 Å². The number of thioether (sulfide) groups is 1. The number of carbonyl (C=O) groups excluding carboxylic acids is 2. The summed E-state index contributed by atoms with van der Waals surface area (Å²) in [4.78, 5) is 31.5. The van der Waals surface area contributed by atoms with Gasteiger partial charge in [-0.1, -0.05) is 0 Å². The quantitative estimate of drug-likeness (QED) is 0.464. The van der Waals surface area contributed by atoms with E-state index in [2.05, 4.69) is 29.1 Å². The molecule has 7 nitrogen and oxygen atoms in total. The molecule has 0 atom stereocenters. The maximum absolute atomic E-state index is 12.5. The van der Waals surface area contributed by atoms with Gasteiger partial charge in [0.05, 0.1) is 29.9 Å². The van der Waals surface area contributed by atoms with E-state index in [1.165, 1.54) is 11.8 Å². The summed E-state index contributed by atoms with van der Waals surface area (Å²) in [6, 6.07) is 12.7. The van der Waals surface area contributed by atoms with Gasteiger partial charge in [-0.25, -0.2) is 9.79 Å². The average Bonchev–Trinajstić information content (AvgIpc) is 3.14. The fourth-order valence-electron chi connectivity index (χ4n) is 3.23. The van der Waals surface area contributed by atoms with Crippen LogP contribution in [0.4, 0.5) is 11.4 Å². The second-order valence-electron chi connectivity index (χ2n) is 6.85. The van der Waals surface area contributed by atoms with E-state index in [0.29, 0.717) is 33.7 Å². The first kappa shape index (κ1) is 23.4. The van der Waals surface area contributed by atoms with Crippen molar-refractivity contribution in [3.05, 3.63) is 58.5 Å². The molecular formula is C24H27N3O4S. The van der Waals surface area contributed by atoms with Gasteiger partial charge in [-0.05, 0) is 75.0 Å². The molecule has 0 saturated carbocycles. The van der Waals surface area contributed by atoms with Gasteiger partial charge in [-0.2, -0.15) is 0 Å². The Morgan fingerprint density at radius 2 is 1.84 bits per heavy atom. The first-order valence-electron chi connectivity index (χ1n) is 10.5. The van der Waals surface area contributed by atoms with E-state index in [0.717, 1.165) is 24.3 Å². The zero-order valence-corrected chi connectivity index (χ0v) is 19.5. The van der Waals surface area contributed by atoms with Crippen LogP contribution in [0.15, 0.2) is 52.4 Å². The highest BCUT2D eigenvalue weighted by Crippen LogP contribution is 2.32. The van der Waals surface area contributed by atoms with E-state index in [1.807, 2.05) is 18.2 Å². The predicted molar refractivity (Wildman–Crippen MR) is 130 cm³/mol. The number of ether oxygens (including phenoxy) is 2. The normalized spacial score (nSPS) is 15.7. The van der Waals surface area contributed by atoms with Crippen molar-refractivity contribution >= 4 is 46.3 Å². The van der Waals surface area contributed by atoms with Crippen LogP contribution in [0.25, 0.3) is 6.08 Å². The standard InChI is InChI=1S/C24H27N3O4S/c1-5-27(6-2)19-13-10-17(20(15-19)30-4)14-21-22(28)26-24(32-21)25-18-11-8-16(9-12-18)23(29)31-7-3/h8-15H,5-7H2,1-4H3,(H,25,26,28)/b21-14+. The third-order valence-electron chi connectivity index (χ3n) is 4.89. The van der Waals surface area contributed by atoms with Crippen LogP contribution in [0.2, 0.25) is 0 Å². The number of methoxy groups -OCH3 is 1. The number of benzene rings is 2. The summed E-state index contributed by atoms with van der Waals surface area (Å²) in [6.07, 6.45) is 1.80. The molecule has 1 aliphatic heterocycles. The SMILES string of the molecule is CCOC(=O)c1ccc(N=C2NC(=O)/C(=C\c3ccc(N(CC)CC)cc3OC)S2)cc1. The van der Waals surface area contributed by atoms with Gasteiger partial charge in [0, 0.05) is 30.4 Å². The third kappa shape index (κ3) is 5.50. The molecule has 168 valence electrons. The Morgan fingerprint density at radius 3 is 2.47 bits per heavy atom. The van der Waals surface area contributed by atoms with Crippen molar-refractivity contribution in [2.45, 2.75) is 20.8 Å². The van der Waals surface area contributed by atoms with Crippen LogP contribution in [0.1, 0.15) is 36.7 Å². The molecule has 1 N–H and O–H groups in total. The minimum Gasteiger partial charge on any atom is -0.496 e. The van der Waals surface area contributed by atoms with Crippen molar-refractivity contribution in [1.29, 1.82) is 0 Å².